The molecule has 0 aliphatic heterocycles. The quantitative estimate of drug-likeness (QED) is 0.780. The zero-order valence-corrected chi connectivity index (χ0v) is 17.7. The molecule has 0 saturated heterocycles. The Bertz CT molecular complexity index is 719. The maximum atomic E-state index is 13.0. The van der Waals surface area contributed by atoms with Crippen LogP contribution in [0.1, 0.15) is 76.2 Å². The second-order valence-electron chi connectivity index (χ2n) is 8.07. The number of carbonyl (C=O) groups excluding carboxylic acids is 1. The van der Waals surface area contributed by atoms with Gasteiger partial charge in [-0.25, -0.2) is 17.5 Å². The lowest BCUT2D eigenvalue weighted by atomic mass is 9.88. The highest BCUT2D eigenvalue weighted by Gasteiger charge is 2.36. The minimum atomic E-state index is -4.11. The SMILES string of the molecule is Cc1ccc(S(=O)(=O)N(CC2(O)CCCCCCCCCCC2)C(N)=O)cc1. The Morgan fingerprint density at radius 2 is 1.39 bits per heavy atom. The van der Waals surface area contributed by atoms with Crippen molar-refractivity contribution in [1.82, 2.24) is 4.31 Å². The fourth-order valence-electron chi connectivity index (χ4n) is 3.81. The molecule has 3 N–H and O–H groups in total. The van der Waals surface area contributed by atoms with Gasteiger partial charge in [0, 0.05) is 0 Å². The zero-order valence-electron chi connectivity index (χ0n) is 16.9. The van der Waals surface area contributed by atoms with E-state index in [2.05, 4.69) is 0 Å². The number of carbonyl (C=O) groups is 1. The number of aryl methyl sites for hydroxylation is 1. The smallest absolute Gasteiger partial charge is 0.328 e. The number of urea groups is 1. The summed E-state index contributed by atoms with van der Waals surface area (Å²) in [5.41, 5.74) is 5.11. The Balaban J connectivity index is 2.20. The summed E-state index contributed by atoms with van der Waals surface area (Å²) in [5, 5.41) is 11.2. The predicted octanol–water partition coefficient (Wildman–Crippen LogP) is 4.10. The molecule has 0 radical (unpaired) electrons. The van der Waals surface area contributed by atoms with Crippen LogP contribution in [0, 0.1) is 6.92 Å². The lowest BCUT2D eigenvalue weighted by Crippen LogP contribution is -2.50. The molecule has 7 heteroatoms. The molecule has 1 aromatic rings. The van der Waals surface area contributed by atoms with Crippen molar-refractivity contribution in [3.8, 4) is 0 Å². The van der Waals surface area contributed by atoms with Gasteiger partial charge in [0.05, 0.1) is 17.0 Å². The molecule has 1 fully saturated rings. The average Bonchev–Trinajstić information content (AvgIpc) is 2.63. The number of sulfonamides is 1. The van der Waals surface area contributed by atoms with Gasteiger partial charge >= 0.3 is 6.03 Å². The topological polar surface area (TPSA) is 101 Å². The number of hydrogen-bond acceptors (Lipinski definition) is 4. The predicted molar refractivity (Wildman–Crippen MR) is 110 cm³/mol. The summed E-state index contributed by atoms with van der Waals surface area (Å²) in [6.07, 6.45) is 10.5. The van der Waals surface area contributed by atoms with Crippen molar-refractivity contribution >= 4 is 16.1 Å². The summed E-state index contributed by atoms with van der Waals surface area (Å²) in [6.45, 7) is 1.56. The van der Waals surface area contributed by atoms with E-state index in [-0.39, 0.29) is 11.4 Å². The van der Waals surface area contributed by atoms with Crippen LogP contribution in [-0.4, -0.2) is 36.0 Å². The number of primary amides is 1. The number of benzene rings is 1. The van der Waals surface area contributed by atoms with Gasteiger partial charge in [-0.05, 0) is 31.9 Å². The fraction of sp³-hybridized carbons (Fsp3) is 0.667. The van der Waals surface area contributed by atoms with Crippen LogP contribution in [0.25, 0.3) is 0 Å². The zero-order chi connectivity index (χ0) is 20.6. The van der Waals surface area contributed by atoms with Crippen molar-refractivity contribution in [1.29, 1.82) is 0 Å². The molecule has 0 aromatic heterocycles. The number of aliphatic hydroxyl groups is 1. The minimum Gasteiger partial charge on any atom is -0.388 e. The number of nitrogens with zero attached hydrogens (tertiary/aromatic N) is 1. The molecule has 1 aliphatic carbocycles. The van der Waals surface area contributed by atoms with Gasteiger partial charge in [0.2, 0.25) is 0 Å². The van der Waals surface area contributed by atoms with Crippen molar-refractivity contribution in [3.63, 3.8) is 0 Å². The van der Waals surface area contributed by atoms with Gasteiger partial charge in [-0.1, -0.05) is 75.5 Å². The first-order valence-corrected chi connectivity index (χ1v) is 11.8. The lowest BCUT2D eigenvalue weighted by molar-refractivity contribution is 0.00721. The summed E-state index contributed by atoms with van der Waals surface area (Å²) in [4.78, 5) is 12.0. The van der Waals surface area contributed by atoms with Crippen LogP contribution in [0.4, 0.5) is 4.79 Å². The van der Waals surface area contributed by atoms with E-state index in [1.165, 1.54) is 31.4 Å². The molecule has 0 spiro atoms. The molecule has 1 saturated carbocycles. The number of hydrogen-bond donors (Lipinski definition) is 2. The molecular formula is C21H34N2O4S. The van der Waals surface area contributed by atoms with Crippen LogP contribution >= 0.6 is 0 Å². The van der Waals surface area contributed by atoms with Crippen LogP contribution in [-0.2, 0) is 10.0 Å². The molecule has 1 aliphatic rings. The normalized spacial score (nSPS) is 19.2. The van der Waals surface area contributed by atoms with Gasteiger partial charge in [0.25, 0.3) is 10.0 Å². The molecule has 1 aromatic carbocycles. The van der Waals surface area contributed by atoms with E-state index in [1.807, 2.05) is 6.92 Å². The van der Waals surface area contributed by atoms with E-state index < -0.39 is 21.7 Å². The van der Waals surface area contributed by atoms with Crippen LogP contribution in [0.2, 0.25) is 0 Å². The Morgan fingerprint density at radius 1 is 0.964 bits per heavy atom. The van der Waals surface area contributed by atoms with E-state index in [4.69, 9.17) is 5.73 Å². The van der Waals surface area contributed by atoms with Crippen LogP contribution in [0.15, 0.2) is 29.2 Å². The van der Waals surface area contributed by atoms with E-state index in [1.54, 1.807) is 12.1 Å². The summed E-state index contributed by atoms with van der Waals surface area (Å²) in [6, 6.07) is 5.23. The third-order valence-electron chi connectivity index (χ3n) is 5.58. The van der Waals surface area contributed by atoms with Crippen molar-refractivity contribution in [2.24, 2.45) is 5.73 Å². The number of rotatable bonds is 4. The standard InChI is InChI=1S/C21H34N2O4S/c1-18-11-13-19(14-12-18)28(26,27)23(20(22)24)17-21(25)15-9-7-5-3-2-4-6-8-10-16-21/h11-14,25H,2-10,15-17H2,1H3,(H2,22,24). The molecule has 2 amide bonds. The minimum absolute atomic E-state index is 0.00801. The Kier molecular flexibility index (Phi) is 8.31. The highest BCUT2D eigenvalue weighted by atomic mass is 32.2. The summed E-state index contributed by atoms with van der Waals surface area (Å²) < 4.78 is 26.6. The van der Waals surface area contributed by atoms with Gasteiger partial charge in [-0.15, -0.1) is 0 Å². The fourth-order valence-corrected chi connectivity index (χ4v) is 5.20. The number of nitrogens with two attached hydrogens (primary N) is 1. The van der Waals surface area contributed by atoms with E-state index >= 15 is 0 Å². The second-order valence-corrected chi connectivity index (χ2v) is 9.93. The molecular weight excluding hydrogens is 376 g/mol. The van der Waals surface area contributed by atoms with Crippen LogP contribution < -0.4 is 5.73 Å². The van der Waals surface area contributed by atoms with E-state index in [0.717, 1.165) is 44.1 Å². The molecule has 0 atom stereocenters. The first-order chi connectivity index (χ1) is 13.2. The van der Waals surface area contributed by atoms with Crippen molar-refractivity contribution in [3.05, 3.63) is 29.8 Å². The summed E-state index contributed by atoms with van der Waals surface area (Å²) in [5.74, 6) is 0. The largest absolute Gasteiger partial charge is 0.388 e. The molecule has 158 valence electrons. The van der Waals surface area contributed by atoms with Gasteiger partial charge in [-0.2, -0.15) is 0 Å². The third-order valence-corrected chi connectivity index (χ3v) is 7.33. The first-order valence-electron chi connectivity index (χ1n) is 10.4. The molecule has 28 heavy (non-hydrogen) atoms. The molecule has 6 nitrogen and oxygen atoms in total. The van der Waals surface area contributed by atoms with E-state index in [0.29, 0.717) is 17.1 Å². The van der Waals surface area contributed by atoms with Gasteiger partial charge < -0.3 is 10.8 Å². The maximum Gasteiger partial charge on any atom is 0.328 e. The van der Waals surface area contributed by atoms with Gasteiger partial charge in [0.1, 0.15) is 0 Å². The third kappa shape index (κ3) is 6.48. The molecule has 0 heterocycles. The number of amides is 2. The van der Waals surface area contributed by atoms with Crippen molar-refractivity contribution < 1.29 is 18.3 Å². The van der Waals surface area contributed by atoms with Crippen molar-refractivity contribution in [2.75, 3.05) is 6.54 Å². The highest BCUT2D eigenvalue weighted by Crippen LogP contribution is 2.28. The second kappa shape index (κ2) is 10.3. The summed E-state index contributed by atoms with van der Waals surface area (Å²) in [7, 11) is -4.11. The molecule has 0 unspecified atom stereocenters. The van der Waals surface area contributed by atoms with Crippen LogP contribution in [0.3, 0.4) is 0 Å². The van der Waals surface area contributed by atoms with E-state index in [9.17, 15) is 18.3 Å². The van der Waals surface area contributed by atoms with Gasteiger partial charge in [-0.3, -0.25) is 0 Å². The maximum absolute atomic E-state index is 13.0. The monoisotopic (exact) mass is 410 g/mol. The van der Waals surface area contributed by atoms with Crippen molar-refractivity contribution in [2.45, 2.75) is 88.0 Å². The molecule has 2 rings (SSSR count). The Hall–Kier alpha value is -1.60. The van der Waals surface area contributed by atoms with Crippen LogP contribution in [0.5, 0.6) is 0 Å². The average molecular weight is 411 g/mol. The molecule has 0 bridgehead atoms. The van der Waals surface area contributed by atoms with Gasteiger partial charge in [0.15, 0.2) is 0 Å². The lowest BCUT2D eigenvalue weighted by Gasteiger charge is -2.33. The highest BCUT2D eigenvalue weighted by molar-refractivity contribution is 7.89. The first kappa shape index (κ1) is 22.7. The summed E-state index contributed by atoms with van der Waals surface area (Å²) >= 11 is 0. The Labute approximate surface area is 169 Å². The Morgan fingerprint density at radius 3 is 1.82 bits per heavy atom.